The molecule has 0 aliphatic carbocycles. The molecule has 20 heavy (non-hydrogen) atoms. The van der Waals surface area contributed by atoms with Gasteiger partial charge in [-0.1, -0.05) is 12.1 Å². The highest BCUT2D eigenvalue weighted by Crippen LogP contribution is 2.21. The van der Waals surface area contributed by atoms with Crippen molar-refractivity contribution in [2.24, 2.45) is 7.05 Å². The number of benzene rings is 1. The number of hydrogen-bond donors (Lipinski definition) is 1. The Labute approximate surface area is 131 Å². The molecular weight excluding hydrogens is 300 g/mol. The minimum Gasteiger partial charge on any atom is -0.320 e. The van der Waals surface area contributed by atoms with Crippen molar-refractivity contribution in [2.45, 2.75) is 12.8 Å². The lowest BCUT2D eigenvalue weighted by molar-refractivity contribution is 0.628. The molecule has 0 bridgehead atoms. The lowest BCUT2D eigenvalue weighted by Crippen LogP contribution is -2.08. The molecule has 0 atom stereocenters. The number of rotatable bonds is 5. The number of nitrogens with one attached hydrogen (secondary N) is 1. The molecule has 1 aromatic heterocycles. The second kappa shape index (κ2) is 8.95. The van der Waals surface area contributed by atoms with Crippen LogP contribution in [0.4, 0.5) is 4.39 Å². The molecule has 2 aromatic rings. The van der Waals surface area contributed by atoms with Gasteiger partial charge in [0, 0.05) is 12.6 Å². The molecular formula is C14H20Cl2FN3. The van der Waals surface area contributed by atoms with E-state index in [1.807, 2.05) is 30.9 Å². The predicted octanol–water partition coefficient (Wildman–Crippen LogP) is 3.22. The van der Waals surface area contributed by atoms with Crippen molar-refractivity contribution in [2.75, 3.05) is 13.6 Å². The van der Waals surface area contributed by atoms with E-state index in [0.29, 0.717) is 0 Å². The SMILES string of the molecule is CNCCCc1cc(-c2cccc(F)c2)n(C)n1.Cl.Cl. The fourth-order valence-electron chi connectivity index (χ4n) is 2.01. The Kier molecular flexibility index (Phi) is 8.46. The van der Waals surface area contributed by atoms with Gasteiger partial charge in [-0.25, -0.2) is 4.39 Å². The maximum atomic E-state index is 13.2. The zero-order valence-electron chi connectivity index (χ0n) is 11.6. The average molecular weight is 320 g/mol. The van der Waals surface area contributed by atoms with Crippen LogP contribution >= 0.6 is 24.8 Å². The lowest BCUT2D eigenvalue weighted by Gasteiger charge is -2.00. The highest BCUT2D eigenvalue weighted by atomic mass is 35.5. The van der Waals surface area contributed by atoms with Crippen LogP contribution in [0.3, 0.4) is 0 Å². The monoisotopic (exact) mass is 319 g/mol. The summed E-state index contributed by atoms with van der Waals surface area (Å²) in [5.74, 6) is -0.217. The summed E-state index contributed by atoms with van der Waals surface area (Å²) in [7, 11) is 3.83. The van der Waals surface area contributed by atoms with E-state index in [-0.39, 0.29) is 30.6 Å². The summed E-state index contributed by atoms with van der Waals surface area (Å²) >= 11 is 0. The third kappa shape index (κ3) is 4.78. The zero-order valence-corrected chi connectivity index (χ0v) is 13.2. The van der Waals surface area contributed by atoms with Gasteiger partial charge in [0.05, 0.1) is 11.4 Å². The molecule has 0 saturated carbocycles. The van der Waals surface area contributed by atoms with Crippen LogP contribution in [0.5, 0.6) is 0 Å². The van der Waals surface area contributed by atoms with Gasteiger partial charge in [0.25, 0.3) is 0 Å². The number of hydrogen-bond acceptors (Lipinski definition) is 2. The first kappa shape index (κ1) is 18.9. The second-order valence-electron chi connectivity index (χ2n) is 4.36. The lowest BCUT2D eigenvalue weighted by atomic mass is 10.1. The summed E-state index contributed by atoms with van der Waals surface area (Å²) < 4.78 is 15.0. The van der Waals surface area contributed by atoms with Crippen LogP contribution in [0.25, 0.3) is 11.3 Å². The highest BCUT2D eigenvalue weighted by Gasteiger charge is 2.07. The third-order valence-electron chi connectivity index (χ3n) is 2.91. The summed E-state index contributed by atoms with van der Waals surface area (Å²) in [6.07, 6.45) is 1.99. The molecule has 6 heteroatoms. The van der Waals surface area contributed by atoms with Crippen molar-refractivity contribution < 1.29 is 4.39 Å². The normalized spacial score (nSPS) is 9.75. The van der Waals surface area contributed by atoms with E-state index in [4.69, 9.17) is 0 Å². The van der Waals surface area contributed by atoms with Gasteiger partial charge in [0.2, 0.25) is 0 Å². The fraction of sp³-hybridized carbons (Fsp3) is 0.357. The van der Waals surface area contributed by atoms with Crippen LogP contribution in [0.1, 0.15) is 12.1 Å². The third-order valence-corrected chi connectivity index (χ3v) is 2.91. The zero-order chi connectivity index (χ0) is 13.0. The number of nitrogens with zero attached hydrogens (tertiary/aromatic N) is 2. The Bertz CT molecular complexity index is 529. The predicted molar refractivity (Wildman–Crippen MR) is 85.3 cm³/mol. The molecule has 0 radical (unpaired) electrons. The molecule has 3 nitrogen and oxygen atoms in total. The molecule has 0 amide bonds. The number of halogens is 3. The summed E-state index contributed by atoms with van der Waals surface area (Å²) in [6.45, 7) is 0.978. The van der Waals surface area contributed by atoms with Gasteiger partial charge in [-0.3, -0.25) is 4.68 Å². The Morgan fingerprint density at radius 3 is 2.65 bits per heavy atom. The van der Waals surface area contributed by atoms with Gasteiger partial charge in [-0.15, -0.1) is 24.8 Å². The molecule has 0 unspecified atom stereocenters. The fourth-order valence-corrected chi connectivity index (χ4v) is 2.01. The van der Waals surface area contributed by atoms with E-state index >= 15 is 0 Å². The van der Waals surface area contributed by atoms with Gasteiger partial charge in [-0.05, 0) is 44.6 Å². The smallest absolute Gasteiger partial charge is 0.123 e. The Morgan fingerprint density at radius 2 is 2.00 bits per heavy atom. The van der Waals surface area contributed by atoms with Crippen molar-refractivity contribution >= 4 is 24.8 Å². The Morgan fingerprint density at radius 1 is 1.25 bits per heavy atom. The van der Waals surface area contributed by atoms with Crippen molar-refractivity contribution in [3.05, 3.63) is 41.8 Å². The van der Waals surface area contributed by atoms with E-state index in [9.17, 15) is 4.39 Å². The summed E-state index contributed by atoms with van der Waals surface area (Å²) in [5.41, 5.74) is 2.87. The van der Waals surface area contributed by atoms with Gasteiger partial charge in [-0.2, -0.15) is 5.10 Å². The minimum absolute atomic E-state index is 0. The quantitative estimate of drug-likeness (QED) is 0.857. The molecule has 0 aliphatic rings. The molecule has 1 aromatic carbocycles. The number of aromatic nitrogens is 2. The highest BCUT2D eigenvalue weighted by molar-refractivity contribution is 5.85. The molecule has 112 valence electrons. The maximum absolute atomic E-state index is 13.2. The summed E-state index contributed by atoms with van der Waals surface area (Å²) in [6, 6.07) is 8.64. The molecule has 2 rings (SSSR count). The van der Waals surface area contributed by atoms with Gasteiger partial charge in [0.1, 0.15) is 5.82 Å². The molecule has 0 spiro atoms. The molecule has 1 N–H and O–H groups in total. The van der Waals surface area contributed by atoms with Gasteiger partial charge in [0.15, 0.2) is 0 Å². The van der Waals surface area contributed by atoms with Crippen LogP contribution < -0.4 is 5.32 Å². The van der Waals surface area contributed by atoms with Crippen molar-refractivity contribution in [3.63, 3.8) is 0 Å². The Balaban J connectivity index is 0.00000180. The van der Waals surface area contributed by atoms with Gasteiger partial charge >= 0.3 is 0 Å². The molecule has 1 heterocycles. The van der Waals surface area contributed by atoms with Crippen LogP contribution in [0.2, 0.25) is 0 Å². The van der Waals surface area contributed by atoms with Crippen LogP contribution in [-0.4, -0.2) is 23.4 Å². The maximum Gasteiger partial charge on any atom is 0.123 e. The van der Waals surface area contributed by atoms with E-state index in [1.54, 1.807) is 6.07 Å². The summed E-state index contributed by atoms with van der Waals surface area (Å²) in [5, 5.41) is 7.57. The molecule has 0 saturated heterocycles. The average Bonchev–Trinajstić information content (AvgIpc) is 2.71. The van der Waals surface area contributed by atoms with Crippen molar-refractivity contribution in [1.82, 2.24) is 15.1 Å². The standard InChI is InChI=1S/C14H18FN3.2ClH/c1-16-8-4-7-13-10-14(18(2)17-13)11-5-3-6-12(15)9-11;;/h3,5-6,9-10,16H,4,7-8H2,1-2H3;2*1H. The van der Waals surface area contributed by atoms with Crippen molar-refractivity contribution in [1.29, 1.82) is 0 Å². The van der Waals surface area contributed by atoms with E-state index in [0.717, 1.165) is 36.3 Å². The van der Waals surface area contributed by atoms with Crippen LogP contribution in [-0.2, 0) is 13.5 Å². The van der Waals surface area contributed by atoms with E-state index < -0.39 is 0 Å². The first-order valence-corrected chi connectivity index (χ1v) is 6.14. The van der Waals surface area contributed by atoms with Crippen molar-refractivity contribution in [3.8, 4) is 11.3 Å². The first-order chi connectivity index (χ1) is 8.70. The van der Waals surface area contributed by atoms with Crippen LogP contribution in [0, 0.1) is 5.82 Å². The molecule has 0 aliphatic heterocycles. The van der Waals surface area contributed by atoms with E-state index in [1.165, 1.54) is 12.1 Å². The topological polar surface area (TPSA) is 29.9 Å². The second-order valence-corrected chi connectivity index (χ2v) is 4.36. The van der Waals surface area contributed by atoms with Crippen LogP contribution in [0.15, 0.2) is 30.3 Å². The number of aryl methyl sites for hydroxylation is 2. The Hall–Kier alpha value is -1.10. The van der Waals surface area contributed by atoms with E-state index in [2.05, 4.69) is 10.4 Å². The van der Waals surface area contributed by atoms with Gasteiger partial charge < -0.3 is 5.32 Å². The largest absolute Gasteiger partial charge is 0.320 e. The summed E-state index contributed by atoms with van der Waals surface area (Å²) in [4.78, 5) is 0. The first-order valence-electron chi connectivity index (χ1n) is 6.14. The minimum atomic E-state index is -0.217. The molecule has 0 fully saturated rings.